The van der Waals surface area contributed by atoms with Crippen molar-refractivity contribution in [2.45, 2.75) is 75.2 Å². The third kappa shape index (κ3) is 12.5. The molecular formula is C42H52N10O8. The van der Waals surface area contributed by atoms with Gasteiger partial charge in [-0.2, -0.15) is 0 Å². The summed E-state index contributed by atoms with van der Waals surface area (Å²) < 4.78 is 0. The number of carbonyl (C=O) groups excluding carboxylic acids is 5. The van der Waals surface area contributed by atoms with E-state index in [1.807, 2.05) is 30.3 Å². The number of amides is 5. The standard InChI is InChI=1S/C42H52N10O8/c43-30(22-27-23-47-31-11-5-4-10-29(27)31)37(55)50-33(20-26-14-16-28(53)17-15-26)38(56)51-34(21-25-8-2-1-3-9-25)40(58)52-19-7-13-35(52)39(57)48-24-36(54)49-32(41(59)60)12-6-18-46-42(44)45/h1-5,8-11,14-17,23,30,32-35,47,53H,6-7,12-13,18-22,24,43H2,(H,48,57)(H,49,54)(H,50,55)(H,51,56)(H,59,60)(H4,44,45,46)/t30-,32-,33-,34-,35-/m0/s1. The summed E-state index contributed by atoms with van der Waals surface area (Å²) in [4.78, 5) is 88.5. The van der Waals surface area contributed by atoms with Crippen LogP contribution in [-0.2, 0) is 48.0 Å². The van der Waals surface area contributed by atoms with Gasteiger partial charge in [-0.25, -0.2) is 4.79 Å². The number of carboxylic acids is 1. The normalized spacial score (nSPS) is 15.6. The van der Waals surface area contributed by atoms with E-state index in [4.69, 9.17) is 17.2 Å². The lowest BCUT2D eigenvalue weighted by atomic mass is 10.0. The number of nitrogens with two attached hydrogens (primary N) is 3. The molecule has 60 heavy (non-hydrogen) atoms. The fourth-order valence-corrected chi connectivity index (χ4v) is 7.10. The summed E-state index contributed by atoms with van der Waals surface area (Å²) in [5, 5.41) is 30.9. The van der Waals surface area contributed by atoms with E-state index in [9.17, 15) is 39.0 Å². The second kappa shape index (κ2) is 21.2. The number of benzene rings is 3. The van der Waals surface area contributed by atoms with Crippen molar-refractivity contribution in [3.05, 3.63) is 102 Å². The van der Waals surface area contributed by atoms with Crippen LogP contribution >= 0.6 is 0 Å². The van der Waals surface area contributed by atoms with Crippen molar-refractivity contribution >= 4 is 52.4 Å². The number of aliphatic imine (C=N–C) groups is 1. The van der Waals surface area contributed by atoms with Crippen molar-refractivity contribution in [2.75, 3.05) is 19.6 Å². The maximum atomic E-state index is 14.4. The number of aliphatic carboxylic acids is 1. The first-order chi connectivity index (χ1) is 28.8. The molecule has 0 unspecified atom stereocenters. The van der Waals surface area contributed by atoms with Gasteiger partial charge in [0.15, 0.2) is 5.96 Å². The molecule has 0 aliphatic carbocycles. The lowest BCUT2D eigenvalue weighted by Gasteiger charge is -2.30. The SMILES string of the molecule is NC(N)=NCCC[C@H](NC(=O)CNC(=O)[C@@H]1CCCN1C(=O)[C@H](Cc1ccccc1)NC(=O)[C@H](Cc1ccc(O)cc1)NC(=O)[C@@H](N)Cc1c[nH]c2ccccc12)C(=O)O. The molecular weight excluding hydrogens is 773 g/mol. The zero-order chi connectivity index (χ0) is 43.2. The van der Waals surface area contributed by atoms with Gasteiger partial charge in [0.25, 0.3) is 0 Å². The highest BCUT2D eigenvalue weighted by molar-refractivity contribution is 5.96. The van der Waals surface area contributed by atoms with Gasteiger partial charge < -0.3 is 58.6 Å². The van der Waals surface area contributed by atoms with Crippen LogP contribution in [0.1, 0.15) is 42.4 Å². The molecule has 2 heterocycles. The molecule has 1 aliphatic rings. The molecule has 0 saturated carbocycles. The molecule has 318 valence electrons. The molecule has 1 saturated heterocycles. The second-order valence-electron chi connectivity index (χ2n) is 14.7. The Hall–Kier alpha value is -6.95. The van der Waals surface area contributed by atoms with E-state index in [1.165, 1.54) is 17.0 Å². The summed E-state index contributed by atoms with van der Waals surface area (Å²) in [7, 11) is 0. The average molecular weight is 825 g/mol. The summed E-state index contributed by atoms with van der Waals surface area (Å²) in [6, 6.07) is 17.1. The molecule has 1 aromatic heterocycles. The van der Waals surface area contributed by atoms with Crippen LogP contribution in [0.5, 0.6) is 5.75 Å². The molecule has 18 heteroatoms. The zero-order valence-electron chi connectivity index (χ0n) is 33.0. The lowest BCUT2D eigenvalue weighted by molar-refractivity contribution is -0.143. The number of nitrogens with one attached hydrogen (secondary N) is 5. The van der Waals surface area contributed by atoms with Crippen molar-refractivity contribution in [1.29, 1.82) is 0 Å². The largest absolute Gasteiger partial charge is 0.508 e. The van der Waals surface area contributed by atoms with E-state index in [0.717, 1.165) is 22.0 Å². The summed E-state index contributed by atoms with van der Waals surface area (Å²) in [5.74, 6) is -4.57. The van der Waals surface area contributed by atoms with Gasteiger partial charge in [0.2, 0.25) is 29.5 Å². The van der Waals surface area contributed by atoms with Crippen molar-refractivity contribution in [3.8, 4) is 5.75 Å². The van der Waals surface area contributed by atoms with Gasteiger partial charge in [0, 0.05) is 43.0 Å². The quantitative estimate of drug-likeness (QED) is 0.0320. The first kappa shape index (κ1) is 44.2. The van der Waals surface area contributed by atoms with Crippen LogP contribution in [-0.4, -0.2) is 111 Å². The summed E-state index contributed by atoms with van der Waals surface area (Å²) in [6.07, 6.45) is 3.09. The number of guanidine groups is 1. The highest BCUT2D eigenvalue weighted by Gasteiger charge is 2.39. The van der Waals surface area contributed by atoms with E-state index in [0.29, 0.717) is 12.0 Å². The maximum Gasteiger partial charge on any atom is 0.326 e. The number of rotatable bonds is 20. The van der Waals surface area contributed by atoms with E-state index < -0.39 is 72.3 Å². The number of aromatic amines is 1. The topological polar surface area (TPSA) is 300 Å². The van der Waals surface area contributed by atoms with Crippen molar-refractivity contribution in [2.24, 2.45) is 22.2 Å². The van der Waals surface area contributed by atoms with Gasteiger partial charge in [-0.05, 0) is 67.0 Å². The van der Waals surface area contributed by atoms with Gasteiger partial charge in [-0.3, -0.25) is 29.0 Å². The minimum absolute atomic E-state index is 0.000279. The van der Waals surface area contributed by atoms with Gasteiger partial charge in [-0.15, -0.1) is 0 Å². The summed E-state index contributed by atoms with van der Waals surface area (Å²) in [5.41, 5.74) is 20.1. The van der Waals surface area contributed by atoms with Crippen LogP contribution in [0, 0.1) is 0 Å². The number of likely N-dealkylation sites (tertiary alicyclic amines) is 1. The maximum absolute atomic E-state index is 14.4. The average Bonchev–Trinajstić information content (AvgIpc) is 3.89. The molecule has 1 fully saturated rings. The number of para-hydroxylation sites is 1. The zero-order valence-corrected chi connectivity index (χ0v) is 33.0. The van der Waals surface area contributed by atoms with E-state index >= 15 is 0 Å². The number of fused-ring (bicyclic) bond motifs is 1. The molecule has 5 rings (SSSR count). The monoisotopic (exact) mass is 824 g/mol. The smallest absolute Gasteiger partial charge is 0.326 e. The van der Waals surface area contributed by atoms with Crippen molar-refractivity contribution in [1.82, 2.24) is 31.2 Å². The Bertz CT molecular complexity index is 2160. The molecule has 1 aliphatic heterocycles. The third-order valence-corrected chi connectivity index (χ3v) is 10.2. The molecule has 18 nitrogen and oxygen atoms in total. The number of phenolic OH excluding ortho intramolecular Hbond substituents is 1. The van der Waals surface area contributed by atoms with Gasteiger partial charge in [0.1, 0.15) is 29.9 Å². The van der Waals surface area contributed by atoms with Gasteiger partial charge in [-0.1, -0.05) is 60.7 Å². The number of hydrogen-bond acceptors (Lipinski definition) is 9. The Morgan fingerprint density at radius 1 is 0.817 bits per heavy atom. The number of carboxylic acid groups (broad SMARTS) is 1. The number of phenols is 1. The van der Waals surface area contributed by atoms with E-state index in [1.54, 1.807) is 42.6 Å². The van der Waals surface area contributed by atoms with Crippen LogP contribution in [0.15, 0.2) is 90.1 Å². The minimum atomic E-state index is -1.27. The highest BCUT2D eigenvalue weighted by Crippen LogP contribution is 2.21. The Morgan fingerprint density at radius 3 is 2.20 bits per heavy atom. The van der Waals surface area contributed by atoms with E-state index in [-0.39, 0.29) is 63.3 Å². The number of carbonyl (C=O) groups is 6. The molecule has 5 amide bonds. The number of aromatic hydroxyl groups is 1. The Morgan fingerprint density at radius 2 is 1.48 bits per heavy atom. The highest BCUT2D eigenvalue weighted by atomic mass is 16.4. The molecule has 3 aromatic carbocycles. The van der Waals surface area contributed by atoms with Crippen LogP contribution in [0.25, 0.3) is 10.9 Å². The van der Waals surface area contributed by atoms with Crippen LogP contribution in [0.2, 0.25) is 0 Å². The first-order valence-corrected chi connectivity index (χ1v) is 19.7. The van der Waals surface area contributed by atoms with Crippen molar-refractivity contribution in [3.63, 3.8) is 0 Å². The third-order valence-electron chi connectivity index (χ3n) is 10.2. The number of hydrogen-bond donors (Lipinski definition) is 10. The molecule has 0 bridgehead atoms. The number of H-pyrrole nitrogens is 1. The predicted octanol–water partition coefficient (Wildman–Crippen LogP) is -0.0715. The molecule has 5 atom stereocenters. The van der Waals surface area contributed by atoms with Crippen LogP contribution < -0.4 is 38.5 Å². The molecule has 13 N–H and O–H groups in total. The minimum Gasteiger partial charge on any atom is -0.508 e. The molecule has 4 aromatic rings. The Labute approximate surface area is 346 Å². The Kier molecular flexibility index (Phi) is 15.6. The first-order valence-electron chi connectivity index (χ1n) is 19.7. The van der Waals surface area contributed by atoms with E-state index in [2.05, 4.69) is 31.2 Å². The van der Waals surface area contributed by atoms with Gasteiger partial charge >= 0.3 is 5.97 Å². The second-order valence-corrected chi connectivity index (χ2v) is 14.7. The van der Waals surface area contributed by atoms with Crippen LogP contribution in [0.3, 0.4) is 0 Å². The lowest BCUT2D eigenvalue weighted by Crippen LogP contribution is -2.59. The summed E-state index contributed by atoms with van der Waals surface area (Å²) in [6.45, 7) is -0.178. The Balaban J connectivity index is 1.28. The fourth-order valence-electron chi connectivity index (χ4n) is 7.10. The number of aromatic nitrogens is 1. The molecule has 0 radical (unpaired) electrons. The molecule has 0 spiro atoms. The van der Waals surface area contributed by atoms with Gasteiger partial charge in [0.05, 0.1) is 12.6 Å². The van der Waals surface area contributed by atoms with Crippen molar-refractivity contribution < 1.29 is 39.0 Å². The predicted molar refractivity (Wildman–Crippen MR) is 223 cm³/mol. The van der Waals surface area contributed by atoms with Crippen LogP contribution in [0.4, 0.5) is 0 Å². The fraction of sp³-hybridized carbons (Fsp3) is 0.357. The number of nitrogens with zero attached hydrogens (tertiary/aromatic N) is 2. The summed E-state index contributed by atoms with van der Waals surface area (Å²) >= 11 is 0.